The third kappa shape index (κ3) is 2.22. The van der Waals surface area contributed by atoms with E-state index >= 15 is 0 Å². The SMILES string of the molecule is Clc1ccc(C2(CC3CCNC3)COC2)cc1. The molecular formula is C14H18ClNO. The Balaban J connectivity index is 1.78. The van der Waals surface area contributed by atoms with E-state index in [1.165, 1.54) is 24.9 Å². The molecule has 3 rings (SSSR count). The van der Waals surface area contributed by atoms with Gasteiger partial charge in [-0.15, -0.1) is 0 Å². The minimum Gasteiger partial charge on any atom is -0.379 e. The molecular weight excluding hydrogens is 234 g/mol. The van der Waals surface area contributed by atoms with Crippen molar-refractivity contribution in [1.82, 2.24) is 5.32 Å². The van der Waals surface area contributed by atoms with Gasteiger partial charge in [-0.2, -0.15) is 0 Å². The molecule has 0 saturated carbocycles. The molecule has 17 heavy (non-hydrogen) atoms. The van der Waals surface area contributed by atoms with Crippen molar-refractivity contribution in [2.24, 2.45) is 5.92 Å². The highest BCUT2D eigenvalue weighted by Crippen LogP contribution is 2.39. The molecule has 0 bridgehead atoms. The molecule has 1 atom stereocenters. The first-order valence-electron chi connectivity index (χ1n) is 6.33. The number of hydrogen-bond acceptors (Lipinski definition) is 2. The lowest BCUT2D eigenvalue weighted by Crippen LogP contribution is -2.48. The van der Waals surface area contributed by atoms with Crippen LogP contribution >= 0.6 is 11.6 Å². The largest absolute Gasteiger partial charge is 0.379 e. The molecule has 2 aliphatic rings. The fraction of sp³-hybridized carbons (Fsp3) is 0.571. The van der Waals surface area contributed by atoms with Crippen LogP contribution in [0.1, 0.15) is 18.4 Å². The maximum absolute atomic E-state index is 5.95. The van der Waals surface area contributed by atoms with Crippen LogP contribution in [0.25, 0.3) is 0 Å². The van der Waals surface area contributed by atoms with Gasteiger partial charge in [0.05, 0.1) is 13.2 Å². The quantitative estimate of drug-likeness (QED) is 0.892. The number of nitrogens with one attached hydrogen (secondary N) is 1. The summed E-state index contributed by atoms with van der Waals surface area (Å²) in [7, 11) is 0. The van der Waals surface area contributed by atoms with Crippen molar-refractivity contribution in [3.05, 3.63) is 34.9 Å². The molecule has 1 aromatic rings. The lowest BCUT2D eigenvalue weighted by Gasteiger charge is -2.43. The predicted molar refractivity (Wildman–Crippen MR) is 69.5 cm³/mol. The van der Waals surface area contributed by atoms with E-state index in [2.05, 4.69) is 17.4 Å². The highest BCUT2D eigenvalue weighted by atomic mass is 35.5. The fourth-order valence-electron chi connectivity index (χ4n) is 3.00. The van der Waals surface area contributed by atoms with Crippen molar-refractivity contribution in [2.45, 2.75) is 18.3 Å². The summed E-state index contributed by atoms with van der Waals surface area (Å²) in [5.74, 6) is 0.801. The van der Waals surface area contributed by atoms with Crippen LogP contribution in [0.4, 0.5) is 0 Å². The molecule has 2 fully saturated rings. The Bertz CT molecular complexity index is 380. The summed E-state index contributed by atoms with van der Waals surface area (Å²) >= 11 is 5.95. The maximum atomic E-state index is 5.95. The third-order valence-electron chi connectivity index (χ3n) is 4.06. The Hall–Kier alpha value is -0.570. The molecule has 0 aromatic heterocycles. The fourth-order valence-corrected chi connectivity index (χ4v) is 3.12. The van der Waals surface area contributed by atoms with Crippen LogP contribution in [-0.4, -0.2) is 26.3 Å². The smallest absolute Gasteiger partial charge is 0.0585 e. The van der Waals surface area contributed by atoms with E-state index < -0.39 is 0 Å². The lowest BCUT2D eigenvalue weighted by atomic mass is 9.72. The van der Waals surface area contributed by atoms with E-state index in [-0.39, 0.29) is 5.41 Å². The van der Waals surface area contributed by atoms with Gasteiger partial charge in [-0.25, -0.2) is 0 Å². The normalized spacial score (nSPS) is 26.8. The second-order valence-electron chi connectivity index (χ2n) is 5.34. The molecule has 2 aliphatic heterocycles. The molecule has 3 heteroatoms. The van der Waals surface area contributed by atoms with E-state index in [1.807, 2.05) is 12.1 Å². The predicted octanol–water partition coefficient (Wildman–Crippen LogP) is 2.61. The van der Waals surface area contributed by atoms with Crippen molar-refractivity contribution in [1.29, 1.82) is 0 Å². The number of ether oxygens (including phenoxy) is 1. The third-order valence-corrected chi connectivity index (χ3v) is 4.31. The number of hydrogen-bond donors (Lipinski definition) is 1. The van der Waals surface area contributed by atoms with E-state index in [9.17, 15) is 0 Å². The van der Waals surface area contributed by atoms with Gasteiger partial charge in [0.2, 0.25) is 0 Å². The molecule has 0 radical (unpaired) electrons. The van der Waals surface area contributed by atoms with E-state index in [4.69, 9.17) is 16.3 Å². The van der Waals surface area contributed by atoms with Crippen LogP contribution in [0, 0.1) is 5.92 Å². The zero-order valence-corrected chi connectivity index (χ0v) is 10.7. The van der Waals surface area contributed by atoms with Gasteiger partial charge in [0.25, 0.3) is 0 Å². The van der Waals surface area contributed by atoms with Crippen LogP contribution in [0.3, 0.4) is 0 Å². The van der Waals surface area contributed by atoms with Gasteiger partial charge >= 0.3 is 0 Å². The molecule has 0 amide bonds. The van der Waals surface area contributed by atoms with Crippen molar-refractivity contribution >= 4 is 11.6 Å². The van der Waals surface area contributed by atoms with Gasteiger partial charge < -0.3 is 10.1 Å². The molecule has 2 heterocycles. The Kier molecular flexibility index (Phi) is 3.12. The van der Waals surface area contributed by atoms with Gasteiger partial charge in [-0.1, -0.05) is 23.7 Å². The minimum absolute atomic E-state index is 0.251. The molecule has 1 N–H and O–H groups in total. The molecule has 2 saturated heterocycles. The number of halogens is 1. The van der Waals surface area contributed by atoms with E-state index in [0.29, 0.717) is 0 Å². The summed E-state index contributed by atoms with van der Waals surface area (Å²) in [6.45, 7) is 4.06. The first-order valence-corrected chi connectivity index (χ1v) is 6.71. The summed E-state index contributed by atoms with van der Waals surface area (Å²) in [6.07, 6.45) is 2.54. The zero-order valence-electron chi connectivity index (χ0n) is 9.92. The number of rotatable bonds is 3. The number of benzene rings is 1. The average Bonchev–Trinajstić information content (AvgIpc) is 2.77. The van der Waals surface area contributed by atoms with Crippen LogP contribution in [0.15, 0.2) is 24.3 Å². The van der Waals surface area contributed by atoms with Crippen LogP contribution in [0.2, 0.25) is 5.02 Å². The minimum atomic E-state index is 0.251. The lowest BCUT2D eigenvalue weighted by molar-refractivity contribution is -0.0705. The second-order valence-corrected chi connectivity index (χ2v) is 5.78. The van der Waals surface area contributed by atoms with Gasteiger partial charge in [-0.3, -0.25) is 0 Å². The van der Waals surface area contributed by atoms with Gasteiger partial charge in [0.15, 0.2) is 0 Å². The van der Waals surface area contributed by atoms with Gasteiger partial charge in [-0.05, 0) is 49.5 Å². The first-order chi connectivity index (χ1) is 8.28. The Morgan fingerprint density at radius 1 is 1.29 bits per heavy atom. The molecule has 0 spiro atoms. The first kappa shape index (κ1) is 11.5. The highest BCUT2D eigenvalue weighted by Gasteiger charge is 2.42. The highest BCUT2D eigenvalue weighted by molar-refractivity contribution is 6.30. The average molecular weight is 252 g/mol. The summed E-state index contributed by atoms with van der Waals surface area (Å²) in [5.41, 5.74) is 1.64. The Morgan fingerprint density at radius 3 is 2.59 bits per heavy atom. The molecule has 1 unspecified atom stereocenters. The van der Waals surface area contributed by atoms with Gasteiger partial charge in [0, 0.05) is 10.4 Å². The van der Waals surface area contributed by atoms with Crippen molar-refractivity contribution < 1.29 is 4.74 Å². The Morgan fingerprint density at radius 2 is 2.06 bits per heavy atom. The summed E-state index contributed by atoms with van der Waals surface area (Å²) in [5, 5.41) is 4.25. The van der Waals surface area contributed by atoms with Crippen molar-refractivity contribution in [3.8, 4) is 0 Å². The monoisotopic (exact) mass is 251 g/mol. The van der Waals surface area contributed by atoms with E-state index in [0.717, 1.165) is 30.7 Å². The molecule has 0 aliphatic carbocycles. The summed E-state index contributed by atoms with van der Waals surface area (Å²) < 4.78 is 5.48. The van der Waals surface area contributed by atoms with E-state index in [1.54, 1.807) is 0 Å². The van der Waals surface area contributed by atoms with Crippen molar-refractivity contribution in [3.63, 3.8) is 0 Å². The van der Waals surface area contributed by atoms with Gasteiger partial charge in [0.1, 0.15) is 0 Å². The zero-order chi connectivity index (χ0) is 11.7. The topological polar surface area (TPSA) is 21.3 Å². The molecule has 92 valence electrons. The summed E-state index contributed by atoms with van der Waals surface area (Å²) in [4.78, 5) is 0. The summed E-state index contributed by atoms with van der Waals surface area (Å²) in [6, 6.07) is 8.30. The standard InChI is InChI=1S/C14H18ClNO/c15-13-3-1-12(2-4-13)14(9-17-10-14)7-11-5-6-16-8-11/h1-4,11,16H,5-10H2. The van der Waals surface area contributed by atoms with Crippen LogP contribution in [0.5, 0.6) is 0 Å². The van der Waals surface area contributed by atoms with Crippen LogP contribution in [-0.2, 0) is 10.2 Å². The second kappa shape index (κ2) is 4.60. The maximum Gasteiger partial charge on any atom is 0.0585 e. The Labute approximate surface area is 107 Å². The van der Waals surface area contributed by atoms with Crippen molar-refractivity contribution in [2.75, 3.05) is 26.3 Å². The molecule has 1 aromatic carbocycles. The van der Waals surface area contributed by atoms with Crippen LogP contribution < -0.4 is 5.32 Å². The molecule has 2 nitrogen and oxygen atoms in total.